The van der Waals surface area contributed by atoms with Crippen LogP contribution in [0.5, 0.6) is 0 Å². The van der Waals surface area contributed by atoms with Gasteiger partial charge in [-0.3, -0.25) is 0 Å². The van der Waals surface area contributed by atoms with Crippen LogP contribution in [0.2, 0.25) is 0 Å². The van der Waals surface area contributed by atoms with Gasteiger partial charge in [-0.05, 0) is 34.2 Å². The molecule has 0 bridgehead atoms. The first-order chi connectivity index (χ1) is 7.51. The Hall–Kier alpha value is -0.910. The number of amides is 1. The molecule has 0 aromatic rings. The smallest absolute Gasteiger partial charge is 0.410 e. The first-order valence-corrected chi connectivity index (χ1v) is 5.55. The molecule has 0 fully saturated rings. The lowest BCUT2D eigenvalue weighted by atomic mass is 10.1. The summed E-state index contributed by atoms with van der Waals surface area (Å²) in [6, 6.07) is -1.25. The maximum absolute atomic E-state index is 13.5. The van der Waals surface area contributed by atoms with E-state index in [4.69, 9.17) is 10.5 Å². The maximum atomic E-state index is 13.5. The number of ether oxygens (including phenoxy) is 1. The molecule has 0 aliphatic heterocycles. The standard InChI is InChI=1S/C11H22F2N2O2/c1-8(11(12,13)6-7-14)15(5)9(16)17-10(2,3)4/h8H,6-7,14H2,1-5H3. The van der Waals surface area contributed by atoms with Crippen LogP contribution in [0.3, 0.4) is 0 Å². The van der Waals surface area contributed by atoms with Crippen molar-refractivity contribution < 1.29 is 18.3 Å². The van der Waals surface area contributed by atoms with Gasteiger partial charge in [0.25, 0.3) is 5.92 Å². The zero-order valence-corrected chi connectivity index (χ0v) is 11.1. The van der Waals surface area contributed by atoms with Crippen molar-refractivity contribution in [2.24, 2.45) is 5.73 Å². The maximum Gasteiger partial charge on any atom is 0.410 e. The van der Waals surface area contributed by atoms with Gasteiger partial charge in [0.15, 0.2) is 0 Å². The highest BCUT2D eigenvalue weighted by Gasteiger charge is 2.40. The van der Waals surface area contributed by atoms with E-state index >= 15 is 0 Å². The predicted molar refractivity (Wildman–Crippen MR) is 62.1 cm³/mol. The lowest BCUT2D eigenvalue weighted by Gasteiger charge is -2.33. The van der Waals surface area contributed by atoms with Crippen LogP contribution in [-0.2, 0) is 4.74 Å². The number of carbonyl (C=O) groups excluding carboxylic acids is 1. The van der Waals surface area contributed by atoms with E-state index in [1.54, 1.807) is 20.8 Å². The summed E-state index contributed by atoms with van der Waals surface area (Å²) in [5, 5.41) is 0. The molecular formula is C11H22F2N2O2. The van der Waals surface area contributed by atoms with Gasteiger partial charge >= 0.3 is 6.09 Å². The number of nitrogens with two attached hydrogens (primary N) is 1. The van der Waals surface area contributed by atoms with Gasteiger partial charge in [-0.1, -0.05) is 0 Å². The van der Waals surface area contributed by atoms with Crippen molar-refractivity contribution in [2.45, 2.75) is 51.7 Å². The molecule has 1 atom stereocenters. The van der Waals surface area contributed by atoms with E-state index in [9.17, 15) is 13.6 Å². The number of nitrogens with zero attached hydrogens (tertiary/aromatic N) is 1. The van der Waals surface area contributed by atoms with Crippen LogP contribution in [-0.4, -0.2) is 42.2 Å². The van der Waals surface area contributed by atoms with Crippen LogP contribution >= 0.6 is 0 Å². The highest BCUT2D eigenvalue weighted by Crippen LogP contribution is 2.26. The van der Waals surface area contributed by atoms with Crippen LogP contribution in [0.1, 0.15) is 34.1 Å². The quantitative estimate of drug-likeness (QED) is 0.834. The van der Waals surface area contributed by atoms with Gasteiger partial charge in [0.05, 0.1) is 6.04 Å². The van der Waals surface area contributed by atoms with Crippen molar-refractivity contribution in [2.75, 3.05) is 13.6 Å². The minimum Gasteiger partial charge on any atom is -0.444 e. The monoisotopic (exact) mass is 252 g/mol. The van der Waals surface area contributed by atoms with E-state index in [2.05, 4.69) is 0 Å². The molecule has 1 amide bonds. The molecule has 2 N–H and O–H groups in total. The van der Waals surface area contributed by atoms with E-state index in [0.717, 1.165) is 4.90 Å². The van der Waals surface area contributed by atoms with Gasteiger partial charge < -0.3 is 15.4 Å². The van der Waals surface area contributed by atoms with Crippen LogP contribution in [0.15, 0.2) is 0 Å². The van der Waals surface area contributed by atoms with E-state index in [1.807, 2.05) is 0 Å². The third-order valence-corrected chi connectivity index (χ3v) is 2.35. The Morgan fingerprint density at radius 1 is 1.41 bits per heavy atom. The van der Waals surface area contributed by atoms with E-state index in [1.165, 1.54) is 14.0 Å². The lowest BCUT2D eigenvalue weighted by molar-refractivity contribution is -0.0760. The molecule has 6 heteroatoms. The predicted octanol–water partition coefficient (Wildman–Crippen LogP) is 2.23. The molecular weight excluding hydrogens is 230 g/mol. The average Bonchev–Trinajstić information content (AvgIpc) is 2.12. The second kappa shape index (κ2) is 5.62. The van der Waals surface area contributed by atoms with E-state index in [-0.39, 0.29) is 6.54 Å². The third-order valence-electron chi connectivity index (χ3n) is 2.35. The minimum atomic E-state index is -3.01. The summed E-state index contributed by atoms with van der Waals surface area (Å²) in [6.45, 7) is 6.20. The number of rotatable bonds is 4. The molecule has 0 aromatic heterocycles. The van der Waals surface area contributed by atoms with Gasteiger partial charge in [-0.15, -0.1) is 0 Å². The van der Waals surface area contributed by atoms with E-state index in [0.29, 0.717) is 0 Å². The SMILES string of the molecule is CC(N(C)C(=O)OC(C)(C)C)C(F)(F)CCN. The summed E-state index contributed by atoms with van der Waals surface area (Å²) in [4.78, 5) is 12.5. The Morgan fingerprint density at radius 2 is 1.88 bits per heavy atom. The zero-order valence-electron chi connectivity index (χ0n) is 11.1. The fraction of sp³-hybridized carbons (Fsp3) is 0.909. The van der Waals surface area contributed by atoms with Crippen molar-refractivity contribution in [1.82, 2.24) is 4.90 Å². The highest BCUT2D eigenvalue weighted by atomic mass is 19.3. The molecule has 0 aliphatic rings. The van der Waals surface area contributed by atoms with Gasteiger partial charge in [-0.25, -0.2) is 13.6 Å². The van der Waals surface area contributed by atoms with Crippen LogP contribution in [0.4, 0.5) is 13.6 Å². The zero-order chi connectivity index (χ0) is 13.9. The van der Waals surface area contributed by atoms with Crippen molar-refractivity contribution in [3.05, 3.63) is 0 Å². The molecule has 0 aliphatic carbocycles. The Balaban J connectivity index is 4.59. The van der Waals surface area contributed by atoms with Crippen molar-refractivity contribution in [1.29, 1.82) is 0 Å². The van der Waals surface area contributed by atoms with Gasteiger partial charge in [-0.2, -0.15) is 0 Å². The Kier molecular flexibility index (Phi) is 5.32. The molecule has 4 nitrogen and oxygen atoms in total. The van der Waals surface area contributed by atoms with Crippen molar-refractivity contribution in [3.63, 3.8) is 0 Å². The first-order valence-electron chi connectivity index (χ1n) is 5.55. The molecule has 0 radical (unpaired) electrons. The number of hydrogen-bond donors (Lipinski definition) is 1. The van der Waals surface area contributed by atoms with Crippen LogP contribution < -0.4 is 5.73 Å². The molecule has 0 rings (SSSR count). The van der Waals surface area contributed by atoms with Crippen molar-refractivity contribution >= 4 is 6.09 Å². The summed E-state index contributed by atoms with van der Waals surface area (Å²) in [5.41, 5.74) is 4.42. The third kappa shape index (κ3) is 5.30. The fourth-order valence-corrected chi connectivity index (χ4v) is 1.18. The molecule has 17 heavy (non-hydrogen) atoms. The van der Waals surface area contributed by atoms with Crippen LogP contribution in [0, 0.1) is 0 Å². The molecule has 0 aromatic carbocycles. The van der Waals surface area contributed by atoms with Crippen LogP contribution in [0.25, 0.3) is 0 Å². The van der Waals surface area contributed by atoms with Gasteiger partial charge in [0.1, 0.15) is 5.60 Å². The molecule has 0 saturated heterocycles. The Labute approximate surface area is 101 Å². The largest absolute Gasteiger partial charge is 0.444 e. The summed E-state index contributed by atoms with van der Waals surface area (Å²) >= 11 is 0. The van der Waals surface area contributed by atoms with Gasteiger partial charge in [0, 0.05) is 13.5 Å². The summed E-state index contributed by atoms with van der Waals surface area (Å²) in [7, 11) is 1.29. The number of alkyl halides is 2. The second-order valence-electron chi connectivity index (χ2n) is 5.07. The number of hydrogen-bond acceptors (Lipinski definition) is 3. The lowest BCUT2D eigenvalue weighted by Crippen LogP contribution is -2.49. The number of halogens is 2. The minimum absolute atomic E-state index is 0.125. The molecule has 102 valence electrons. The number of carbonyl (C=O) groups is 1. The summed E-state index contributed by atoms with van der Waals surface area (Å²) in [6.07, 6.45) is -1.22. The second-order valence-corrected chi connectivity index (χ2v) is 5.07. The van der Waals surface area contributed by atoms with E-state index < -0.39 is 30.1 Å². The average molecular weight is 252 g/mol. The normalized spacial score (nSPS) is 14.4. The van der Waals surface area contributed by atoms with Gasteiger partial charge in [0.2, 0.25) is 0 Å². The molecule has 0 heterocycles. The Bertz CT molecular complexity index is 265. The molecule has 0 spiro atoms. The fourth-order valence-electron chi connectivity index (χ4n) is 1.18. The summed E-state index contributed by atoms with van der Waals surface area (Å²) < 4.78 is 32.1. The first kappa shape index (κ1) is 16.1. The summed E-state index contributed by atoms with van der Waals surface area (Å²) in [5.74, 6) is -3.01. The topological polar surface area (TPSA) is 55.6 Å². The molecule has 1 unspecified atom stereocenters. The molecule has 0 saturated carbocycles. The Morgan fingerprint density at radius 3 is 2.24 bits per heavy atom. The highest BCUT2D eigenvalue weighted by molar-refractivity contribution is 5.68. The van der Waals surface area contributed by atoms with Crippen molar-refractivity contribution in [3.8, 4) is 0 Å².